The highest BCUT2D eigenvalue weighted by Gasteiger charge is 2.13. The van der Waals surface area contributed by atoms with E-state index in [4.69, 9.17) is 16.3 Å². The van der Waals surface area contributed by atoms with Gasteiger partial charge in [0.05, 0.1) is 13.2 Å². The molecule has 5 nitrogen and oxygen atoms in total. The molecular weight excluding hydrogens is 362 g/mol. The number of benzene rings is 2. The summed E-state index contributed by atoms with van der Waals surface area (Å²) < 4.78 is 5.36. The fourth-order valence-electron chi connectivity index (χ4n) is 2.84. The van der Waals surface area contributed by atoms with E-state index in [1.54, 1.807) is 18.2 Å². The SMILES string of the molecule is Cc1ccc(Cl)cc1NC(=O)/C(C#N)=C/c1ccc(N2CCOCC2)cc1. The van der Waals surface area contributed by atoms with Gasteiger partial charge in [-0.15, -0.1) is 0 Å². The summed E-state index contributed by atoms with van der Waals surface area (Å²) in [6, 6.07) is 15.0. The number of aryl methyl sites for hydroxylation is 1. The molecule has 1 heterocycles. The van der Waals surface area contributed by atoms with Gasteiger partial charge in [-0.1, -0.05) is 29.8 Å². The van der Waals surface area contributed by atoms with E-state index in [1.807, 2.05) is 43.3 Å². The molecule has 27 heavy (non-hydrogen) atoms. The minimum atomic E-state index is -0.458. The normalized spacial score (nSPS) is 14.6. The quantitative estimate of drug-likeness (QED) is 0.641. The lowest BCUT2D eigenvalue weighted by Gasteiger charge is -2.28. The van der Waals surface area contributed by atoms with Crippen LogP contribution in [0.5, 0.6) is 0 Å². The fourth-order valence-corrected chi connectivity index (χ4v) is 3.01. The van der Waals surface area contributed by atoms with E-state index < -0.39 is 5.91 Å². The van der Waals surface area contributed by atoms with Crippen LogP contribution < -0.4 is 10.2 Å². The Morgan fingerprint density at radius 1 is 1.22 bits per heavy atom. The fraction of sp³-hybridized carbons (Fsp3) is 0.238. The van der Waals surface area contributed by atoms with E-state index in [-0.39, 0.29) is 5.57 Å². The lowest BCUT2D eigenvalue weighted by atomic mass is 10.1. The number of carbonyl (C=O) groups is 1. The Kier molecular flexibility index (Phi) is 6.12. The number of rotatable bonds is 4. The number of nitriles is 1. The lowest BCUT2D eigenvalue weighted by molar-refractivity contribution is -0.112. The van der Waals surface area contributed by atoms with Crippen molar-refractivity contribution in [2.45, 2.75) is 6.92 Å². The van der Waals surface area contributed by atoms with Gasteiger partial charge in [0.25, 0.3) is 5.91 Å². The van der Waals surface area contributed by atoms with E-state index in [1.165, 1.54) is 0 Å². The van der Waals surface area contributed by atoms with Gasteiger partial charge in [-0.3, -0.25) is 4.79 Å². The van der Waals surface area contributed by atoms with Crippen LogP contribution in [0.4, 0.5) is 11.4 Å². The Morgan fingerprint density at radius 3 is 2.59 bits per heavy atom. The molecule has 2 aromatic carbocycles. The molecule has 3 rings (SSSR count). The van der Waals surface area contributed by atoms with E-state index in [2.05, 4.69) is 10.2 Å². The summed E-state index contributed by atoms with van der Waals surface area (Å²) in [4.78, 5) is 14.7. The van der Waals surface area contributed by atoms with Crippen molar-refractivity contribution < 1.29 is 9.53 Å². The van der Waals surface area contributed by atoms with Crippen molar-refractivity contribution in [3.05, 3.63) is 64.2 Å². The van der Waals surface area contributed by atoms with Crippen molar-refractivity contribution in [3.8, 4) is 6.07 Å². The molecule has 1 amide bonds. The molecular formula is C21H20ClN3O2. The van der Waals surface area contributed by atoms with Crippen LogP contribution in [0.25, 0.3) is 6.08 Å². The van der Waals surface area contributed by atoms with Crippen LogP contribution >= 0.6 is 11.6 Å². The second-order valence-electron chi connectivity index (χ2n) is 6.27. The largest absolute Gasteiger partial charge is 0.378 e. The Hall–Kier alpha value is -2.81. The topological polar surface area (TPSA) is 65.4 Å². The number of anilines is 2. The molecule has 0 aliphatic carbocycles. The molecule has 1 aliphatic rings. The Morgan fingerprint density at radius 2 is 1.93 bits per heavy atom. The first-order chi connectivity index (χ1) is 13.1. The van der Waals surface area contributed by atoms with E-state index in [0.29, 0.717) is 10.7 Å². The maximum atomic E-state index is 12.5. The van der Waals surface area contributed by atoms with Crippen molar-refractivity contribution in [1.82, 2.24) is 0 Å². The van der Waals surface area contributed by atoms with Gasteiger partial charge in [0, 0.05) is 29.5 Å². The number of carbonyl (C=O) groups excluding carboxylic acids is 1. The first-order valence-electron chi connectivity index (χ1n) is 8.69. The van der Waals surface area contributed by atoms with Crippen molar-refractivity contribution in [2.75, 3.05) is 36.5 Å². The Bertz CT molecular complexity index is 895. The van der Waals surface area contributed by atoms with Crippen LogP contribution in [-0.2, 0) is 9.53 Å². The minimum absolute atomic E-state index is 0.0356. The highest BCUT2D eigenvalue weighted by atomic mass is 35.5. The number of morpholine rings is 1. The average molecular weight is 382 g/mol. The molecule has 138 valence electrons. The molecule has 1 fully saturated rings. The maximum Gasteiger partial charge on any atom is 0.266 e. The van der Waals surface area contributed by atoms with Gasteiger partial charge in [0.15, 0.2) is 0 Å². The molecule has 0 spiro atoms. The van der Waals surface area contributed by atoms with Gasteiger partial charge in [-0.05, 0) is 48.4 Å². The van der Waals surface area contributed by atoms with Gasteiger partial charge < -0.3 is 15.0 Å². The molecule has 0 unspecified atom stereocenters. The zero-order chi connectivity index (χ0) is 19.2. The number of nitrogens with zero attached hydrogens (tertiary/aromatic N) is 2. The van der Waals surface area contributed by atoms with Crippen LogP contribution in [0.3, 0.4) is 0 Å². The molecule has 1 saturated heterocycles. The highest BCUT2D eigenvalue weighted by Crippen LogP contribution is 2.22. The standard InChI is InChI=1S/C21H20ClN3O2/c1-15-2-5-18(22)13-20(15)24-21(26)17(14-23)12-16-3-6-19(7-4-16)25-8-10-27-11-9-25/h2-7,12-13H,8-11H2,1H3,(H,24,26)/b17-12+. The summed E-state index contributed by atoms with van der Waals surface area (Å²) in [7, 11) is 0. The first-order valence-corrected chi connectivity index (χ1v) is 9.06. The summed E-state index contributed by atoms with van der Waals surface area (Å²) >= 11 is 5.98. The second kappa shape index (κ2) is 8.72. The monoisotopic (exact) mass is 381 g/mol. The average Bonchev–Trinajstić information content (AvgIpc) is 2.70. The molecule has 0 radical (unpaired) electrons. The molecule has 2 aromatic rings. The lowest BCUT2D eigenvalue weighted by Crippen LogP contribution is -2.36. The van der Waals surface area contributed by atoms with Crippen LogP contribution in [0.15, 0.2) is 48.0 Å². The molecule has 6 heteroatoms. The predicted octanol–water partition coefficient (Wildman–Crippen LogP) is 4.03. The number of hydrogen-bond acceptors (Lipinski definition) is 4. The molecule has 0 bridgehead atoms. The zero-order valence-electron chi connectivity index (χ0n) is 15.0. The number of amides is 1. The molecule has 1 N–H and O–H groups in total. The van der Waals surface area contributed by atoms with Gasteiger partial charge in [-0.25, -0.2) is 0 Å². The van der Waals surface area contributed by atoms with E-state index >= 15 is 0 Å². The van der Waals surface area contributed by atoms with Crippen LogP contribution in [0.1, 0.15) is 11.1 Å². The number of hydrogen-bond donors (Lipinski definition) is 1. The zero-order valence-corrected chi connectivity index (χ0v) is 15.8. The number of halogens is 1. The molecule has 0 aromatic heterocycles. The second-order valence-corrected chi connectivity index (χ2v) is 6.71. The van der Waals surface area contributed by atoms with Gasteiger partial charge in [0.1, 0.15) is 11.6 Å². The summed E-state index contributed by atoms with van der Waals surface area (Å²) in [5.74, 6) is -0.458. The van der Waals surface area contributed by atoms with Crippen LogP contribution in [-0.4, -0.2) is 32.2 Å². The van der Waals surface area contributed by atoms with Crippen LogP contribution in [0.2, 0.25) is 5.02 Å². The number of ether oxygens (including phenoxy) is 1. The third kappa shape index (κ3) is 4.88. The Labute approximate surface area is 163 Å². The highest BCUT2D eigenvalue weighted by molar-refractivity contribution is 6.31. The van der Waals surface area contributed by atoms with E-state index in [0.717, 1.165) is 43.1 Å². The maximum absolute atomic E-state index is 12.5. The minimum Gasteiger partial charge on any atom is -0.378 e. The van der Waals surface area contributed by atoms with E-state index in [9.17, 15) is 10.1 Å². The molecule has 0 saturated carbocycles. The summed E-state index contributed by atoms with van der Waals surface area (Å²) in [5.41, 5.74) is 3.40. The predicted molar refractivity (Wildman–Crippen MR) is 108 cm³/mol. The number of nitrogens with one attached hydrogen (secondary N) is 1. The summed E-state index contributed by atoms with van der Waals surface area (Å²) in [5, 5.41) is 12.7. The van der Waals surface area contributed by atoms with Crippen LogP contribution in [0, 0.1) is 18.3 Å². The molecule has 0 atom stereocenters. The summed E-state index contributed by atoms with van der Waals surface area (Å²) in [6.07, 6.45) is 1.58. The van der Waals surface area contributed by atoms with Crippen molar-refractivity contribution in [3.63, 3.8) is 0 Å². The first kappa shape index (κ1) is 19.0. The Balaban J connectivity index is 1.74. The van der Waals surface area contributed by atoms with Crippen molar-refractivity contribution >= 4 is 35.0 Å². The molecule has 1 aliphatic heterocycles. The third-order valence-electron chi connectivity index (χ3n) is 4.39. The van der Waals surface area contributed by atoms with Crippen molar-refractivity contribution in [1.29, 1.82) is 5.26 Å². The smallest absolute Gasteiger partial charge is 0.266 e. The summed E-state index contributed by atoms with van der Waals surface area (Å²) in [6.45, 7) is 5.04. The van der Waals surface area contributed by atoms with Gasteiger partial charge in [0.2, 0.25) is 0 Å². The van der Waals surface area contributed by atoms with Crippen molar-refractivity contribution in [2.24, 2.45) is 0 Å². The van der Waals surface area contributed by atoms with Gasteiger partial charge in [-0.2, -0.15) is 5.26 Å². The van der Waals surface area contributed by atoms with Gasteiger partial charge >= 0.3 is 0 Å². The third-order valence-corrected chi connectivity index (χ3v) is 4.63.